The SMILES string of the molecule is Cc1nc2c(o1)CCC(C1c3ccccc3-c3cncn31)C2O. The molecule has 5 rings (SSSR count). The minimum Gasteiger partial charge on any atom is -0.446 e. The Morgan fingerprint density at radius 1 is 1.30 bits per heavy atom. The molecule has 2 aliphatic rings. The molecule has 5 heteroatoms. The summed E-state index contributed by atoms with van der Waals surface area (Å²) in [6.07, 6.45) is 4.86. The smallest absolute Gasteiger partial charge is 0.191 e. The highest BCUT2D eigenvalue weighted by molar-refractivity contribution is 5.69. The molecule has 3 unspecified atom stereocenters. The van der Waals surface area contributed by atoms with Gasteiger partial charge in [-0.25, -0.2) is 9.97 Å². The van der Waals surface area contributed by atoms with Crippen molar-refractivity contribution in [2.45, 2.75) is 31.9 Å². The zero-order valence-electron chi connectivity index (χ0n) is 12.8. The monoisotopic (exact) mass is 307 g/mol. The molecule has 1 aliphatic carbocycles. The molecule has 0 amide bonds. The Labute approximate surface area is 133 Å². The number of fused-ring (bicyclic) bond motifs is 4. The Kier molecular flexibility index (Phi) is 2.59. The van der Waals surface area contributed by atoms with Crippen molar-refractivity contribution in [2.24, 2.45) is 5.92 Å². The van der Waals surface area contributed by atoms with Crippen LogP contribution in [0.4, 0.5) is 0 Å². The van der Waals surface area contributed by atoms with Crippen molar-refractivity contribution in [1.82, 2.24) is 14.5 Å². The fraction of sp³-hybridized carbons (Fsp3) is 0.333. The molecule has 0 fully saturated rings. The second-order valence-electron chi connectivity index (χ2n) is 6.41. The molecule has 3 aromatic rings. The van der Waals surface area contributed by atoms with E-state index in [-0.39, 0.29) is 12.0 Å². The van der Waals surface area contributed by atoms with Gasteiger partial charge < -0.3 is 14.1 Å². The third-order valence-corrected chi connectivity index (χ3v) is 5.15. The van der Waals surface area contributed by atoms with Crippen LogP contribution in [-0.2, 0) is 6.42 Å². The lowest BCUT2D eigenvalue weighted by Crippen LogP contribution is -2.28. The lowest BCUT2D eigenvalue weighted by atomic mass is 9.79. The summed E-state index contributed by atoms with van der Waals surface area (Å²) in [5, 5.41) is 10.9. The largest absolute Gasteiger partial charge is 0.446 e. The van der Waals surface area contributed by atoms with Crippen molar-refractivity contribution in [2.75, 3.05) is 0 Å². The van der Waals surface area contributed by atoms with Crippen LogP contribution >= 0.6 is 0 Å². The predicted molar refractivity (Wildman–Crippen MR) is 83.8 cm³/mol. The minimum absolute atomic E-state index is 0.0728. The molecule has 1 aromatic carbocycles. The number of oxazole rings is 1. The zero-order chi connectivity index (χ0) is 15.6. The molecule has 116 valence electrons. The number of hydrogen-bond acceptors (Lipinski definition) is 4. The molecular formula is C18H17N3O2. The van der Waals surface area contributed by atoms with E-state index >= 15 is 0 Å². The van der Waals surface area contributed by atoms with Gasteiger partial charge in [-0.1, -0.05) is 24.3 Å². The van der Waals surface area contributed by atoms with Crippen molar-refractivity contribution in [3.8, 4) is 11.3 Å². The van der Waals surface area contributed by atoms with Crippen molar-refractivity contribution >= 4 is 0 Å². The lowest BCUT2D eigenvalue weighted by molar-refractivity contribution is 0.0656. The maximum atomic E-state index is 10.9. The summed E-state index contributed by atoms with van der Waals surface area (Å²) in [5.41, 5.74) is 4.31. The number of hydrogen-bond donors (Lipinski definition) is 1. The van der Waals surface area contributed by atoms with E-state index in [1.165, 1.54) is 11.1 Å². The fourth-order valence-corrected chi connectivity index (χ4v) is 4.19. The van der Waals surface area contributed by atoms with Gasteiger partial charge in [-0.2, -0.15) is 0 Å². The van der Waals surface area contributed by atoms with Gasteiger partial charge in [-0.3, -0.25) is 0 Å². The quantitative estimate of drug-likeness (QED) is 0.750. The molecular weight excluding hydrogens is 290 g/mol. The number of aryl methyl sites for hydroxylation is 2. The summed E-state index contributed by atoms with van der Waals surface area (Å²) in [6, 6.07) is 8.50. The normalized spacial score (nSPS) is 25.0. The van der Waals surface area contributed by atoms with Crippen LogP contribution in [0.1, 0.15) is 41.5 Å². The van der Waals surface area contributed by atoms with Gasteiger partial charge in [0.1, 0.15) is 17.6 Å². The average molecular weight is 307 g/mol. The van der Waals surface area contributed by atoms with Gasteiger partial charge in [0.25, 0.3) is 0 Å². The van der Waals surface area contributed by atoms with Crippen LogP contribution in [0.3, 0.4) is 0 Å². The molecule has 3 atom stereocenters. The second-order valence-corrected chi connectivity index (χ2v) is 6.41. The third kappa shape index (κ3) is 1.71. The Hall–Kier alpha value is -2.40. The minimum atomic E-state index is -0.609. The van der Waals surface area contributed by atoms with Gasteiger partial charge in [0.15, 0.2) is 5.89 Å². The molecule has 0 bridgehead atoms. The van der Waals surface area contributed by atoms with Gasteiger partial charge in [-0.15, -0.1) is 0 Å². The van der Waals surface area contributed by atoms with Crippen molar-refractivity contribution in [3.63, 3.8) is 0 Å². The molecule has 0 radical (unpaired) electrons. The van der Waals surface area contributed by atoms with Gasteiger partial charge in [0, 0.05) is 24.8 Å². The first kappa shape index (κ1) is 13.1. The topological polar surface area (TPSA) is 64.1 Å². The van der Waals surface area contributed by atoms with Crippen LogP contribution in [0.25, 0.3) is 11.3 Å². The zero-order valence-corrected chi connectivity index (χ0v) is 12.8. The number of imidazole rings is 1. The maximum Gasteiger partial charge on any atom is 0.191 e. The van der Waals surface area contributed by atoms with E-state index in [0.29, 0.717) is 11.6 Å². The molecule has 23 heavy (non-hydrogen) atoms. The Balaban J connectivity index is 1.63. The van der Waals surface area contributed by atoms with Gasteiger partial charge in [-0.05, 0) is 12.0 Å². The van der Waals surface area contributed by atoms with E-state index in [9.17, 15) is 5.11 Å². The second kappa shape index (κ2) is 4.55. The van der Waals surface area contributed by atoms with Crippen LogP contribution in [0.2, 0.25) is 0 Å². The highest BCUT2D eigenvalue weighted by atomic mass is 16.4. The van der Waals surface area contributed by atoms with Crippen molar-refractivity contribution < 1.29 is 9.52 Å². The van der Waals surface area contributed by atoms with E-state index in [0.717, 1.165) is 24.3 Å². The van der Waals surface area contributed by atoms with E-state index in [1.807, 2.05) is 19.4 Å². The summed E-state index contributed by atoms with van der Waals surface area (Å²) in [6.45, 7) is 1.83. The summed E-state index contributed by atoms with van der Waals surface area (Å²) in [7, 11) is 0. The Bertz CT molecular complexity index is 895. The first-order chi connectivity index (χ1) is 11.2. The van der Waals surface area contributed by atoms with E-state index < -0.39 is 6.10 Å². The maximum absolute atomic E-state index is 10.9. The van der Waals surface area contributed by atoms with Crippen LogP contribution in [0.5, 0.6) is 0 Å². The van der Waals surface area contributed by atoms with Crippen LogP contribution in [-0.4, -0.2) is 19.6 Å². The molecule has 0 saturated heterocycles. The summed E-state index contributed by atoms with van der Waals surface area (Å²) in [5.74, 6) is 1.54. The predicted octanol–water partition coefficient (Wildman–Crippen LogP) is 3.05. The summed E-state index contributed by atoms with van der Waals surface area (Å²) in [4.78, 5) is 8.72. The molecule has 5 nitrogen and oxygen atoms in total. The first-order valence-corrected chi connectivity index (χ1v) is 7.99. The first-order valence-electron chi connectivity index (χ1n) is 7.99. The summed E-state index contributed by atoms with van der Waals surface area (Å²) < 4.78 is 7.81. The molecule has 3 heterocycles. The highest BCUT2D eigenvalue weighted by Crippen LogP contribution is 2.49. The number of aliphatic hydroxyl groups excluding tert-OH is 1. The Morgan fingerprint density at radius 2 is 2.17 bits per heavy atom. The third-order valence-electron chi connectivity index (χ3n) is 5.15. The van der Waals surface area contributed by atoms with Crippen LogP contribution < -0.4 is 0 Å². The van der Waals surface area contributed by atoms with Crippen LogP contribution in [0.15, 0.2) is 41.2 Å². The van der Waals surface area contributed by atoms with E-state index in [2.05, 4.69) is 38.8 Å². The van der Waals surface area contributed by atoms with Crippen LogP contribution in [0, 0.1) is 12.8 Å². The number of aliphatic hydroxyl groups is 1. The number of nitrogens with zero attached hydrogens (tertiary/aromatic N) is 3. The number of rotatable bonds is 1. The molecule has 0 saturated carbocycles. The molecule has 1 N–H and O–H groups in total. The lowest BCUT2D eigenvalue weighted by Gasteiger charge is -2.32. The number of benzene rings is 1. The van der Waals surface area contributed by atoms with Crippen molar-refractivity contribution in [1.29, 1.82) is 0 Å². The average Bonchev–Trinajstić information content (AvgIpc) is 3.22. The van der Waals surface area contributed by atoms with Gasteiger partial charge in [0.05, 0.1) is 24.3 Å². The molecule has 2 aromatic heterocycles. The highest BCUT2D eigenvalue weighted by Gasteiger charge is 2.42. The standard InChI is InChI=1S/C18H17N3O2/c1-10-20-16-15(23-10)7-6-13(18(16)22)17-12-5-3-2-4-11(12)14-8-19-9-21(14)17/h2-5,8-9,13,17-18,22H,6-7H2,1H3. The number of aromatic nitrogens is 3. The van der Waals surface area contributed by atoms with E-state index in [1.54, 1.807) is 0 Å². The summed E-state index contributed by atoms with van der Waals surface area (Å²) >= 11 is 0. The van der Waals surface area contributed by atoms with Crippen molar-refractivity contribution in [3.05, 3.63) is 59.7 Å². The van der Waals surface area contributed by atoms with E-state index in [4.69, 9.17) is 4.42 Å². The molecule has 1 aliphatic heterocycles. The molecule has 0 spiro atoms. The van der Waals surface area contributed by atoms with Gasteiger partial charge in [0.2, 0.25) is 0 Å². The van der Waals surface area contributed by atoms with Gasteiger partial charge >= 0.3 is 0 Å². The Morgan fingerprint density at radius 3 is 3.09 bits per heavy atom. The fourth-order valence-electron chi connectivity index (χ4n) is 4.19.